The Morgan fingerprint density at radius 2 is 0.500 bits per heavy atom. The Morgan fingerprint density at radius 1 is 0.279 bits per heavy atom. The van der Waals surface area contributed by atoms with Crippen molar-refractivity contribution in [3.8, 4) is 0 Å². The fourth-order valence-corrected chi connectivity index (χ4v) is 11.3. The van der Waals surface area contributed by atoms with Gasteiger partial charge in [-0.2, -0.15) is 0 Å². The van der Waals surface area contributed by atoms with Gasteiger partial charge in [0, 0.05) is 25.7 Å². The minimum atomic E-state index is -5.00. The van der Waals surface area contributed by atoms with Gasteiger partial charge in [0.25, 0.3) is 0 Å². The average molecular weight is 1490 g/mol. The van der Waals surface area contributed by atoms with Gasteiger partial charge in [-0.3, -0.25) is 37.3 Å². The number of unbranched alkanes of at least 4 members (excludes halogenated alkanes) is 18. The monoisotopic (exact) mass is 1490 g/mol. The van der Waals surface area contributed by atoms with Crippen molar-refractivity contribution in [3.63, 3.8) is 0 Å². The fourth-order valence-electron chi connectivity index (χ4n) is 9.76. The lowest BCUT2D eigenvalue weighted by molar-refractivity contribution is -0.161. The molecule has 0 heterocycles. The summed E-state index contributed by atoms with van der Waals surface area (Å²) < 4.78 is 68.5. The van der Waals surface area contributed by atoms with E-state index >= 15 is 0 Å². The number of aliphatic hydroxyl groups is 1. The topological polar surface area (TPSA) is 237 Å². The van der Waals surface area contributed by atoms with Crippen molar-refractivity contribution in [2.24, 2.45) is 0 Å². The molecule has 0 aliphatic rings. The van der Waals surface area contributed by atoms with Crippen molar-refractivity contribution in [2.45, 2.75) is 303 Å². The summed E-state index contributed by atoms with van der Waals surface area (Å²) in [7, 11) is -10.00. The van der Waals surface area contributed by atoms with Gasteiger partial charge in [0.15, 0.2) is 12.2 Å². The summed E-state index contributed by atoms with van der Waals surface area (Å²) in [5, 5.41) is 10.6. The quantitative estimate of drug-likeness (QED) is 0.0169. The smallest absolute Gasteiger partial charge is 0.462 e. The largest absolute Gasteiger partial charge is 0.472 e. The minimum Gasteiger partial charge on any atom is -0.462 e. The zero-order valence-corrected chi connectivity index (χ0v) is 66.2. The number of phosphoric ester groups is 2. The summed E-state index contributed by atoms with van der Waals surface area (Å²) in [5.41, 5.74) is 0. The third kappa shape index (κ3) is 74.7. The molecule has 0 aromatic carbocycles. The summed E-state index contributed by atoms with van der Waals surface area (Å²) in [6.07, 6.45) is 89.1. The molecule has 5 unspecified atom stereocenters. The molecule has 0 saturated heterocycles. The molecule has 17 nitrogen and oxygen atoms in total. The molecule has 0 rings (SSSR count). The van der Waals surface area contributed by atoms with E-state index in [-0.39, 0.29) is 25.7 Å². The molecule has 0 aromatic heterocycles. The van der Waals surface area contributed by atoms with Gasteiger partial charge in [0.1, 0.15) is 19.3 Å². The van der Waals surface area contributed by atoms with Crippen LogP contribution in [0.1, 0.15) is 285 Å². The third-order valence-corrected chi connectivity index (χ3v) is 17.5. The average Bonchev–Trinajstić information content (AvgIpc) is 0.939. The predicted molar refractivity (Wildman–Crippen MR) is 426 cm³/mol. The summed E-state index contributed by atoms with van der Waals surface area (Å²) in [5.74, 6) is -2.29. The molecule has 0 aliphatic carbocycles. The SMILES string of the molecule is CC/C=C\C/C=C\C/C=C\C/C=C\C/C=C\CCCCCC(=O)OCC(COP(=O)(O)OCC(O)COP(=O)(O)OCC(COC(=O)CCCCCC/C=C\C/C=C\C/C=C\C/C=C\CC)OC(=O)CCCCCCC/C=C\C/C=C\C/C=C\CC)OC(=O)CCCCCCC/C=C\C/C=C\CCC. The second-order valence-electron chi connectivity index (χ2n) is 25.5. The van der Waals surface area contributed by atoms with Crippen LogP contribution in [-0.4, -0.2) is 96.7 Å². The molecule has 0 saturated carbocycles. The Kier molecular flexibility index (Phi) is 71.6. The van der Waals surface area contributed by atoms with Gasteiger partial charge >= 0.3 is 39.5 Å². The van der Waals surface area contributed by atoms with Crippen LogP contribution < -0.4 is 0 Å². The number of esters is 4. The highest BCUT2D eigenvalue weighted by Gasteiger charge is 2.30. The van der Waals surface area contributed by atoms with E-state index in [2.05, 4.69) is 198 Å². The van der Waals surface area contributed by atoms with Crippen LogP contribution in [0.25, 0.3) is 0 Å². The zero-order chi connectivity index (χ0) is 76.0. The Bertz CT molecular complexity index is 2640. The first kappa shape index (κ1) is 98.4. The lowest BCUT2D eigenvalue weighted by atomic mass is 10.1. The summed E-state index contributed by atoms with van der Waals surface area (Å²) in [6, 6.07) is 0. The second-order valence-corrected chi connectivity index (χ2v) is 28.4. The molecule has 19 heteroatoms. The fraction of sp³-hybridized carbons (Fsp3) is 0.624. The molecule has 3 N–H and O–H groups in total. The molecular formula is C85H138O17P2. The van der Waals surface area contributed by atoms with Crippen molar-refractivity contribution in [3.05, 3.63) is 170 Å². The predicted octanol–water partition coefficient (Wildman–Crippen LogP) is 23.0. The maximum atomic E-state index is 13.1. The number of hydrogen-bond acceptors (Lipinski definition) is 15. The van der Waals surface area contributed by atoms with Crippen molar-refractivity contribution in [2.75, 3.05) is 39.6 Å². The highest BCUT2D eigenvalue weighted by atomic mass is 31.2. The van der Waals surface area contributed by atoms with Crippen LogP contribution in [0.15, 0.2) is 170 Å². The van der Waals surface area contributed by atoms with Gasteiger partial charge in [0.2, 0.25) is 0 Å². The normalized spacial score (nSPS) is 14.8. The summed E-state index contributed by atoms with van der Waals surface area (Å²) >= 11 is 0. The number of allylic oxidation sites excluding steroid dienone is 28. The Morgan fingerprint density at radius 3 is 0.779 bits per heavy atom. The lowest BCUT2D eigenvalue weighted by Gasteiger charge is -2.21. The second kappa shape index (κ2) is 75.6. The van der Waals surface area contributed by atoms with Crippen LogP contribution in [0.3, 0.4) is 0 Å². The number of ether oxygens (including phenoxy) is 4. The molecular weight excluding hydrogens is 1350 g/mol. The van der Waals surface area contributed by atoms with Gasteiger partial charge in [-0.25, -0.2) is 9.13 Å². The van der Waals surface area contributed by atoms with E-state index < -0.39 is 97.5 Å². The first-order chi connectivity index (χ1) is 50.7. The highest BCUT2D eigenvalue weighted by Crippen LogP contribution is 2.45. The van der Waals surface area contributed by atoms with E-state index in [1.54, 1.807) is 0 Å². The van der Waals surface area contributed by atoms with Crippen LogP contribution in [0.4, 0.5) is 0 Å². The van der Waals surface area contributed by atoms with E-state index in [9.17, 15) is 43.2 Å². The van der Waals surface area contributed by atoms with E-state index in [1.807, 2.05) is 0 Å². The number of rotatable bonds is 72. The van der Waals surface area contributed by atoms with E-state index in [0.29, 0.717) is 25.7 Å². The van der Waals surface area contributed by atoms with Gasteiger partial charge in [-0.15, -0.1) is 0 Å². The number of hydrogen-bond donors (Lipinski definition) is 3. The molecule has 0 radical (unpaired) electrons. The molecule has 0 fully saturated rings. The molecule has 590 valence electrons. The summed E-state index contributed by atoms with van der Waals surface area (Å²) in [6.45, 7) is 4.35. The zero-order valence-electron chi connectivity index (χ0n) is 64.4. The third-order valence-electron chi connectivity index (χ3n) is 15.6. The standard InChI is InChI=1S/C85H138O17P2/c1-5-9-13-17-21-25-29-33-36-38-39-41-44-47-50-54-58-62-66-70-83(88)95-75-80(101-84(89)71-67-63-59-55-51-45-32-28-24-20-16-12-8-4)77-99-103(91,92)97-73-79(86)74-98-104(93,94)100-78-81(102-85(90)72-68-64-60-56-52-48-42-35-31-27-23-19-15-11-7-3)76-96-82(87)69-65-61-57-53-49-46-43-40-37-34-30-26-22-18-14-10-6-2/h9-11,13-16,20-23,25-28,32-37,39,41-43,46-47,50,79-81,86H,5-8,12,17-19,24,29-31,38,40,44-45,48-49,51-78H2,1-4H3,(H,91,92)(H,93,94)/b13-9-,14-10-,15-11-,20-16-,25-21-,26-22-,27-23-,32-28-,36-33-,37-34-,41-39-,42-35-,46-43-,50-47-. The van der Waals surface area contributed by atoms with Crippen molar-refractivity contribution >= 4 is 39.5 Å². The molecule has 0 bridgehead atoms. The number of phosphoric acid groups is 2. The van der Waals surface area contributed by atoms with E-state index in [1.165, 1.54) is 0 Å². The first-order valence-electron chi connectivity index (χ1n) is 39.4. The molecule has 0 aromatic rings. The van der Waals surface area contributed by atoms with E-state index in [0.717, 1.165) is 205 Å². The van der Waals surface area contributed by atoms with Crippen LogP contribution >= 0.6 is 15.6 Å². The van der Waals surface area contributed by atoms with Gasteiger partial charge in [-0.05, 0) is 167 Å². The number of carbonyl (C=O) groups is 4. The maximum absolute atomic E-state index is 13.1. The van der Waals surface area contributed by atoms with Crippen molar-refractivity contribution in [1.29, 1.82) is 0 Å². The van der Waals surface area contributed by atoms with E-state index in [4.69, 9.17) is 37.0 Å². The van der Waals surface area contributed by atoms with Crippen LogP contribution in [0.2, 0.25) is 0 Å². The molecule has 0 amide bonds. The Labute approximate surface area is 629 Å². The van der Waals surface area contributed by atoms with Crippen molar-refractivity contribution in [1.82, 2.24) is 0 Å². The molecule has 104 heavy (non-hydrogen) atoms. The van der Waals surface area contributed by atoms with Crippen LogP contribution in [0, 0.1) is 0 Å². The Balaban J connectivity index is 5.44. The highest BCUT2D eigenvalue weighted by molar-refractivity contribution is 7.47. The number of aliphatic hydroxyl groups excluding tert-OH is 1. The molecule has 0 aliphatic heterocycles. The Hall–Kier alpha value is -5.58. The maximum Gasteiger partial charge on any atom is 0.472 e. The van der Waals surface area contributed by atoms with Crippen LogP contribution in [-0.2, 0) is 65.4 Å². The lowest BCUT2D eigenvalue weighted by Crippen LogP contribution is -2.30. The minimum absolute atomic E-state index is 0.0630. The van der Waals surface area contributed by atoms with Crippen molar-refractivity contribution < 1.29 is 80.2 Å². The van der Waals surface area contributed by atoms with Gasteiger partial charge < -0.3 is 33.8 Å². The van der Waals surface area contributed by atoms with Crippen LogP contribution in [0.5, 0.6) is 0 Å². The first-order valence-corrected chi connectivity index (χ1v) is 42.4. The molecule has 5 atom stereocenters. The van der Waals surface area contributed by atoms with Gasteiger partial charge in [-0.1, -0.05) is 262 Å². The summed E-state index contributed by atoms with van der Waals surface area (Å²) in [4.78, 5) is 73.0. The van der Waals surface area contributed by atoms with Gasteiger partial charge in [0.05, 0.1) is 26.4 Å². The number of carbonyl (C=O) groups excluding carboxylic acids is 4. The molecule has 0 spiro atoms.